The lowest BCUT2D eigenvalue weighted by molar-refractivity contribution is -0.136. The van der Waals surface area contributed by atoms with E-state index in [1.54, 1.807) is 0 Å². The summed E-state index contributed by atoms with van der Waals surface area (Å²) in [5.74, 6) is 3.05. The van der Waals surface area contributed by atoms with Crippen molar-refractivity contribution in [2.45, 2.75) is 44.9 Å². The van der Waals surface area contributed by atoms with E-state index in [0.29, 0.717) is 5.91 Å². The molecule has 126 valence electrons. The highest BCUT2D eigenvalue weighted by molar-refractivity contribution is 7.99. The topological polar surface area (TPSA) is 38.8 Å². The summed E-state index contributed by atoms with van der Waals surface area (Å²) < 4.78 is 10.9. The number of thioether (sulfide) groups is 1. The van der Waals surface area contributed by atoms with Crippen molar-refractivity contribution in [1.29, 1.82) is 0 Å². The van der Waals surface area contributed by atoms with E-state index in [4.69, 9.17) is 9.47 Å². The van der Waals surface area contributed by atoms with Gasteiger partial charge in [-0.05, 0) is 30.5 Å². The van der Waals surface area contributed by atoms with Crippen LogP contribution in [0.5, 0.6) is 11.5 Å². The highest BCUT2D eigenvalue weighted by atomic mass is 32.2. The first-order chi connectivity index (χ1) is 11.2. The van der Waals surface area contributed by atoms with Gasteiger partial charge in [-0.1, -0.05) is 32.8 Å². The Morgan fingerprint density at radius 1 is 1.35 bits per heavy atom. The second kappa shape index (κ2) is 7.47. The highest BCUT2D eigenvalue weighted by Crippen LogP contribution is 2.43. The number of carbonyl (C=O) groups is 1. The second-order valence-electron chi connectivity index (χ2n) is 6.11. The minimum Gasteiger partial charge on any atom is -0.454 e. The third kappa shape index (κ3) is 3.44. The first kappa shape index (κ1) is 16.5. The zero-order valence-corrected chi connectivity index (χ0v) is 14.7. The zero-order valence-electron chi connectivity index (χ0n) is 13.9. The fourth-order valence-electron chi connectivity index (χ4n) is 3.23. The van der Waals surface area contributed by atoms with Crippen molar-refractivity contribution in [3.8, 4) is 11.5 Å². The summed E-state index contributed by atoms with van der Waals surface area (Å²) in [4.78, 5) is 15.0. The summed E-state index contributed by atoms with van der Waals surface area (Å²) in [6, 6.07) is 6.04. The number of rotatable bonds is 6. The molecule has 1 aromatic carbocycles. The molecule has 0 radical (unpaired) electrons. The average Bonchev–Trinajstić information content (AvgIpc) is 3.23. The maximum atomic E-state index is 13.0. The molecule has 1 saturated heterocycles. The van der Waals surface area contributed by atoms with Gasteiger partial charge in [-0.15, -0.1) is 11.8 Å². The van der Waals surface area contributed by atoms with Crippen LogP contribution in [0.15, 0.2) is 18.2 Å². The molecule has 3 rings (SSSR count). The van der Waals surface area contributed by atoms with E-state index in [1.165, 1.54) is 0 Å². The Hall–Kier alpha value is -1.36. The molecule has 2 aliphatic heterocycles. The number of benzene rings is 1. The molecule has 1 amide bonds. The van der Waals surface area contributed by atoms with E-state index in [1.807, 2.05) is 23.9 Å². The molecule has 2 aliphatic rings. The zero-order chi connectivity index (χ0) is 16.2. The van der Waals surface area contributed by atoms with Gasteiger partial charge in [0.1, 0.15) is 5.37 Å². The second-order valence-corrected chi connectivity index (χ2v) is 7.30. The van der Waals surface area contributed by atoms with E-state index >= 15 is 0 Å². The average molecular weight is 335 g/mol. The Balaban J connectivity index is 1.75. The van der Waals surface area contributed by atoms with E-state index in [9.17, 15) is 4.79 Å². The van der Waals surface area contributed by atoms with Gasteiger partial charge in [0.05, 0.1) is 0 Å². The third-order valence-corrected chi connectivity index (χ3v) is 5.86. The Bertz CT molecular complexity index is 563. The van der Waals surface area contributed by atoms with E-state index in [0.717, 1.165) is 55.0 Å². The Morgan fingerprint density at radius 3 is 2.96 bits per heavy atom. The molecule has 0 saturated carbocycles. The highest BCUT2D eigenvalue weighted by Gasteiger charge is 2.34. The first-order valence-electron chi connectivity index (χ1n) is 8.56. The molecule has 0 aromatic heterocycles. The monoisotopic (exact) mass is 335 g/mol. The number of carbonyl (C=O) groups excluding carboxylic acids is 1. The molecular weight excluding hydrogens is 310 g/mol. The van der Waals surface area contributed by atoms with Crippen LogP contribution in [0.3, 0.4) is 0 Å². The molecule has 2 heterocycles. The van der Waals surface area contributed by atoms with Crippen LogP contribution in [-0.2, 0) is 4.79 Å². The predicted molar refractivity (Wildman–Crippen MR) is 92.8 cm³/mol. The van der Waals surface area contributed by atoms with Crippen LogP contribution in [0.1, 0.15) is 50.5 Å². The number of unbranched alkanes of at least 4 members (excludes halogenated alkanes) is 1. The van der Waals surface area contributed by atoms with Gasteiger partial charge >= 0.3 is 0 Å². The van der Waals surface area contributed by atoms with Crippen LogP contribution in [0, 0.1) is 5.92 Å². The van der Waals surface area contributed by atoms with Gasteiger partial charge in [-0.25, -0.2) is 0 Å². The van der Waals surface area contributed by atoms with Gasteiger partial charge in [0, 0.05) is 18.2 Å². The number of nitrogens with zero attached hydrogens (tertiary/aromatic N) is 1. The van der Waals surface area contributed by atoms with Gasteiger partial charge in [0.2, 0.25) is 12.7 Å². The van der Waals surface area contributed by atoms with Crippen molar-refractivity contribution in [1.82, 2.24) is 4.90 Å². The molecule has 4 nitrogen and oxygen atoms in total. The molecule has 0 spiro atoms. The number of ether oxygens (including phenoxy) is 2. The van der Waals surface area contributed by atoms with E-state index < -0.39 is 0 Å². The molecule has 2 atom stereocenters. The Kier molecular flexibility index (Phi) is 5.36. The molecule has 23 heavy (non-hydrogen) atoms. The number of amides is 1. The largest absolute Gasteiger partial charge is 0.454 e. The maximum absolute atomic E-state index is 13.0. The molecule has 0 bridgehead atoms. The molecule has 1 aromatic rings. The molecule has 1 fully saturated rings. The smallest absolute Gasteiger partial charge is 0.231 e. The van der Waals surface area contributed by atoms with Crippen molar-refractivity contribution in [2.75, 3.05) is 19.1 Å². The lowest BCUT2D eigenvalue weighted by atomic mass is 9.97. The van der Waals surface area contributed by atoms with Gasteiger partial charge < -0.3 is 14.4 Å². The summed E-state index contributed by atoms with van der Waals surface area (Å²) in [5.41, 5.74) is 1.13. The van der Waals surface area contributed by atoms with Gasteiger partial charge in [-0.3, -0.25) is 4.79 Å². The molecule has 0 unspecified atom stereocenters. The van der Waals surface area contributed by atoms with Crippen molar-refractivity contribution in [3.63, 3.8) is 0 Å². The molecular formula is C18H25NO3S. The van der Waals surface area contributed by atoms with E-state index in [-0.39, 0.29) is 18.1 Å². The molecule has 0 N–H and O–H groups in total. The molecule has 5 heteroatoms. The number of hydrogen-bond acceptors (Lipinski definition) is 4. The van der Waals surface area contributed by atoms with Crippen LogP contribution < -0.4 is 9.47 Å². The SMILES string of the molecule is CCCC[C@H](CC)C(=O)N1CCS[C@H]1c1ccc2c(c1)OCO2. The number of hydrogen-bond donors (Lipinski definition) is 0. The predicted octanol–water partition coefficient (Wildman–Crippen LogP) is 4.21. The van der Waals surface area contributed by atoms with Gasteiger partial charge in [0.15, 0.2) is 11.5 Å². The third-order valence-electron chi connectivity index (χ3n) is 4.60. The fraction of sp³-hybridized carbons (Fsp3) is 0.611. The minimum absolute atomic E-state index is 0.104. The summed E-state index contributed by atoms with van der Waals surface area (Å²) >= 11 is 1.84. The van der Waals surface area contributed by atoms with Crippen molar-refractivity contribution in [2.24, 2.45) is 5.92 Å². The minimum atomic E-state index is 0.104. The van der Waals surface area contributed by atoms with Gasteiger partial charge in [0.25, 0.3) is 0 Å². The van der Waals surface area contributed by atoms with Crippen molar-refractivity contribution in [3.05, 3.63) is 23.8 Å². The standard InChI is InChI=1S/C18H25NO3S/c1-3-5-6-13(4-2)17(20)19-9-10-23-18(19)14-7-8-15-16(11-14)22-12-21-15/h7-8,11,13,18H,3-6,9-10,12H2,1-2H3/t13-,18-/m0/s1. The summed E-state index contributed by atoms with van der Waals surface area (Å²) in [5, 5.41) is 0.104. The normalized spacial score (nSPS) is 20.8. The molecule has 0 aliphatic carbocycles. The van der Waals surface area contributed by atoms with Gasteiger partial charge in [-0.2, -0.15) is 0 Å². The van der Waals surface area contributed by atoms with Crippen molar-refractivity contribution >= 4 is 17.7 Å². The van der Waals surface area contributed by atoms with Crippen molar-refractivity contribution < 1.29 is 14.3 Å². The fourth-order valence-corrected chi connectivity index (χ4v) is 4.48. The first-order valence-corrected chi connectivity index (χ1v) is 9.61. The van der Waals surface area contributed by atoms with Crippen LogP contribution in [0.4, 0.5) is 0 Å². The Labute approximate surface area is 142 Å². The summed E-state index contributed by atoms with van der Waals surface area (Å²) in [6.07, 6.45) is 4.19. The Morgan fingerprint density at radius 2 is 2.17 bits per heavy atom. The van der Waals surface area contributed by atoms with Crippen LogP contribution in [-0.4, -0.2) is 29.9 Å². The number of fused-ring (bicyclic) bond motifs is 1. The van der Waals surface area contributed by atoms with Crippen LogP contribution in [0.25, 0.3) is 0 Å². The lowest BCUT2D eigenvalue weighted by Crippen LogP contribution is -2.35. The summed E-state index contributed by atoms with van der Waals surface area (Å²) in [6.45, 7) is 5.43. The lowest BCUT2D eigenvalue weighted by Gasteiger charge is -2.28. The summed E-state index contributed by atoms with van der Waals surface area (Å²) in [7, 11) is 0. The maximum Gasteiger partial charge on any atom is 0.231 e. The quantitative estimate of drug-likeness (QED) is 0.781. The van der Waals surface area contributed by atoms with E-state index in [2.05, 4.69) is 24.8 Å². The van der Waals surface area contributed by atoms with Crippen LogP contribution in [0.2, 0.25) is 0 Å². The van der Waals surface area contributed by atoms with Crippen LogP contribution >= 0.6 is 11.8 Å².